The monoisotopic (exact) mass is 285 g/mol. The van der Waals surface area contributed by atoms with E-state index < -0.39 is 5.91 Å². The van der Waals surface area contributed by atoms with Crippen molar-refractivity contribution < 1.29 is 4.79 Å². The SMILES string of the molecule is NC(=O)c1ccc(-n2cc(CCC3CCC3)[nH]c2=O)cc1. The van der Waals surface area contributed by atoms with Crippen LogP contribution >= 0.6 is 0 Å². The molecule has 0 bridgehead atoms. The molecule has 5 nitrogen and oxygen atoms in total. The van der Waals surface area contributed by atoms with E-state index in [1.807, 2.05) is 6.20 Å². The number of carbonyl (C=O) groups is 1. The lowest BCUT2D eigenvalue weighted by Crippen LogP contribution is -2.15. The second kappa shape index (κ2) is 5.60. The number of amides is 1. The molecule has 0 atom stereocenters. The molecule has 1 aromatic heterocycles. The van der Waals surface area contributed by atoms with E-state index in [4.69, 9.17) is 5.73 Å². The summed E-state index contributed by atoms with van der Waals surface area (Å²) in [5.74, 6) is 0.357. The maximum Gasteiger partial charge on any atom is 0.330 e. The number of primary amides is 1. The lowest BCUT2D eigenvalue weighted by molar-refractivity contribution is 0.100. The number of aromatic amines is 1. The summed E-state index contributed by atoms with van der Waals surface area (Å²) in [6.07, 6.45) is 7.88. The summed E-state index contributed by atoms with van der Waals surface area (Å²) in [6.45, 7) is 0. The van der Waals surface area contributed by atoms with Crippen LogP contribution in [0.1, 0.15) is 41.7 Å². The summed E-state index contributed by atoms with van der Waals surface area (Å²) >= 11 is 0. The maximum absolute atomic E-state index is 12.0. The number of hydrogen-bond donors (Lipinski definition) is 2. The van der Waals surface area contributed by atoms with Gasteiger partial charge in [0, 0.05) is 17.5 Å². The largest absolute Gasteiger partial charge is 0.366 e. The van der Waals surface area contributed by atoms with Crippen LogP contribution in [0.2, 0.25) is 0 Å². The van der Waals surface area contributed by atoms with Crippen LogP contribution in [-0.2, 0) is 6.42 Å². The van der Waals surface area contributed by atoms with Gasteiger partial charge in [0.25, 0.3) is 0 Å². The van der Waals surface area contributed by atoms with E-state index in [1.165, 1.54) is 19.3 Å². The molecular weight excluding hydrogens is 266 g/mol. The molecule has 1 heterocycles. The number of nitrogens with zero attached hydrogens (tertiary/aromatic N) is 1. The summed E-state index contributed by atoms with van der Waals surface area (Å²) in [5, 5.41) is 0. The quantitative estimate of drug-likeness (QED) is 0.881. The lowest BCUT2D eigenvalue weighted by atomic mass is 9.82. The minimum atomic E-state index is -0.468. The van der Waals surface area contributed by atoms with Crippen molar-refractivity contribution in [3.05, 3.63) is 52.2 Å². The molecule has 1 amide bonds. The van der Waals surface area contributed by atoms with Crippen LogP contribution in [-0.4, -0.2) is 15.5 Å². The number of H-pyrrole nitrogens is 1. The minimum absolute atomic E-state index is 0.148. The molecule has 0 aliphatic heterocycles. The average molecular weight is 285 g/mol. The predicted octanol–water partition coefficient (Wildman–Crippen LogP) is 2.00. The molecule has 0 radical (unpaired) electrons. The van der Waals surface area contributed by atoms with Crippen molar-refractivity contribution in [1.82, 2.24) is 9.55 Å². The Labute approximate surface area is 122 Å². The highest BCUT2D eigenvalue weighted by molar-refractivity contribution is 5.92. The van der Waals surface area contributed by atoms with Gasteiger partial charge in [0.1, 0.15) is 0 Å². The number of carbonyl (C=O) groups excluding carboxylic acids is 1. The van der Waals surface area contributed by atoms with E-state index >= 15 is 0 Å². The highest BCUT2D eigenvalue weighted by Crippen LogP contribution is 2.30. The molecule has 1 aliphatic carbocycles. The van der Waals surface area contributed by atoms with Gasteiger partial charge >= 0.3 is 5.69 Å². The third-order valence-corrected chi connectivity index (χ3v) is 4.25. The van der Waals surface area contributed by atoms with Crippen LogP contribution in [0, 0.1) is 5.92 Å². The first-order chi connectivity index (χ1) is 10.1. The molecule has 1 aromatic carbocycles. The van der Waals surface area contributed by atoms with Crippen LogP contribution in [0.25, 0.3) is 5.69 Å². The van der Waals surface area contributed by atoms with Crippen molar-refractivity contribution in [3.63, 3.8) is 0 Å². The third kappa shape index (κ3) is 2.91. The van der Waals surface area contributed by atoms with Crippen LogP contribution < -0.4 is 11.4 Å². The fraction of sp³-hybridized carbons (Fsp3) is 0.375. The Morgan fingerprint density at radius 2 is 2.00 bits per heavy atom. The first-order valence-corrected chi connectivity index (χ1v) is 7.34. The van der Waals surface area contributed by atoms with Crippen LogP contribution in [0.15, 0.2) is 35.3 Å². The summed E-state index contributed by atoms with van der Waals surface area (Å²) in [4.78, 5) is 26.0. The number of hydrogen-bond acceptors (Lipinski definition) is 2. The molecule has 0 saturated heterocycles. The number of aromatic nitrogens is 2. The van der Waals surface area contributed by atoms with Crippen LogP contribution in [0.5, 0.6) is 0 Å². The zero-order chi connectivity index (χ0) is 14.8. The number of benzene rings is 1. The molecule has 5 heteroatoms. The number of rotatable bonds is 5. The number of nitrogens with two attached hydrogens (primary N) is 1. The van der Waals surface area contributed by atoms with Crippen molar-refractivity contribution >= 4 is 5.91 Å². The zero-order valence-electron chi connectivity index (χ0n) is 11.8. The number of nitrogens with one attached hydrogen (secondary N) is 1. The Morgan fingerprint density at radius 3 is 2.57 bits per heavy atom. The van der Waals surface area contributed by atoms with Gasteiger partial charge in [-0.15, -0.1) is 0 Å². The average Bonchev–Trinajstić information content (AvgIpc) is 2.78. The van der Waals surface area contributed by atoms with Gasteiger partial charge in [-0.2, -0.15) is 0 Å². The van der Waals surface area contributed by atoms with Crippen LogP contribution in [0.3, 0.4) is 0 Å². The zero-order valence-corrected chi connectivity index (χ0v) is 11.8. The Morgan fingerprint density at radius 1 is 1.29 bits per heavy atom. The van der Waals surface area contributed by atoms with E-state index in [9.17, 15) is 9.59 Å². The van der Waals surface area contributed by atoms with Gasteiger partial charge in [0.2, 0.25) is 5.91 Å². The predicted molar refractivity (Wildman–Crippen MR) is 80.6 cm³/mol. The van der Waals surface area contributed by atoms with Gasteiger partial charge in [-0.25, -0.2) is 4.79 Å². The van der Waals surface area contributed by atoms with Gasteiger partial charge in [-0.3, -0.25) is 9.36 Å². The van der Waals surface area contributed by atoms with Crippen LogP contribution in [0.4, 0.5) is 0 Å². The Bertz CT molecular complexity index is 693. The number of aryl methyl sites for hydroxylation is 1. The van der Waals surface area contributed by atoms with E-state index in [1.54, 1.807) is 28.8 Å². The molecule has 3 N–H and O–H groups in total. The molecular formula is C16H19N3O2. The third-order valence-electron chi connectivity index (χ3n) is 4.25. The summed E-state index contributed by atoms with van der Waals surface area (Å²) < 4.78 is 1.57. The van der Waals surface area contributed by atoms with Crippen molar-refractivity contribution in [3.8, 4) is 5.69 Å². The van der Waals surface area contributed by atoms with E-state index in [0.717, 1.165) is 30.1 Å². The molecule has 3 rings (SSSR count). The van der Waals surface area contributed by atoms with Crippen molar-refractivity contribution in [2.24, 2.45) is 11.7 Å². The minimum Gasteiger partial charge on any atom is -0.366 e. The first-order valence-electron chi connectivity index (χ1n) is 7.34. The topological polar surface area (TPSA) is 80.9 Å². The van der Waals surface area contributed by atoms with Gasteiger partial charge in [0.05, 0.1) is 5.69 Å². The molecule has 1 saturated carbocycles. The second-order valence-corrected chi connectivity index (χ2v) is 5.70. The molecule has 1 aliphatic rings. The van der Waals surface area contributed by atoms with Gasteiger partial charge < -0.3 is 10.7 Å². The maximum atomic E-state index is 12.0. The molecule has 2 aromatic rings. The molecule has 110 valence electrons. The van der Waals surface area contributed by atoms with Gasteiger partial charge in [-0.05, 0) is 43.0 Å². The van der Waals surface area contributed by atoms with Crippen molar-refractivity contribution in [1.29, 1.82) is 0 Å². The summed E-state index contributed by atoms with van der Waals surface area (Å²) in [7, 11) is 0. The highest BCUT2D eigenvalue weighted by atomic mass is 16.1. The second-order valence-electron chi connectivity index (χ2n) is 5.70. The molecule has 21 heavy (non-hydrogen) atoms. The molecule has 0 spiro atoms. The lowest BCUT2D eigenvalue weighted by Gasteiger charge is -2.24. The smallest absolute Gasteiger partial charge is 0.330 e. The molecule has 0 unspecified atom stereocenters. The molecule has 1 fully saturated rings. The van der Waals surface area contributed by atoms with Gasteiger partial charge in [-0.1, -0.05) is 19.3 Å². The van der Waals surface area contributed by atoms with Crippen molar-refractivity contribution in [2.75, 3.05) is 0 Å². The standard InChI is InChI=1S/C16H19N3O2/c17-15(20)12-5-8-14(9-6-12)19-10-13(18-16(19)21)7-4-11-2-1-3-11/h5-6,8-11H,1-4,7H2,(H2,17,20)(H,18,21). The Kier molecular flexibility index (Phi) is 3.64. The Hall–Kier alpha value is -2.30. The highest BCUT2D eigenvalue weighted by Gasteiger charge is 2.17. The Balaban J connectivity index is 1.76. The van der Waals surface area contributed by atoms with E-state index in [-0.39, 0.29) is 5.69 Å². The van der Waals surface area contributed by atoms with E-state index in [2.05, 4.69) is 4.98 Å². The van der Waals surface area contributed by atoms with Gasteiger partial charge in [0.15, 0.2) is 0 Å². The fourth-order valence-electron chi connectivity index (χ4n) is 2.69. The first kappa shape index (κ1) is 13.7. The summed E-state index contributed by atoms with van der Waals surface area (Å²) in [6, 6.07) is 6.71. The number of imidazole rings is 1. The summed E-state index contributed by atoms with van der Waals surface area (Å²) in [5.41, 5.74) is 7.20. The fourth-order valence-corrected chi connectivity index (χ4v) is 2.69. The van der Waals surface area contributed by atoms with Crippen molar-refractivity contribution in [2.45, 2.75) is 32.1 Å². The van der Waals surface area contributed by atoms with E-state index in [0.29, 0.717) is 5.56 Å². The normalized spacial score (nSPS) is 14.9.